The molecular formula is C24H8F8N6. The van der Waals surface area contributed by atoms with Crippen LogP contribution in [0.4, 0.5) is 35.1 Å². The number of hydrogen-bond donors (Lipinski definition) is 0. The Hall–Kier alpha value is -4.98. The van der Waals surface area contributed by atoms with Gasteiger partial charge in [-0.1, -0.05) is 0 Å². The summed E-state index contributed by atoms with van der Waals surface area (Å²) >= 11 is 0. The van der Waals surface area contributed by atoms with Crippen molar-refractivity contribution in [3.8, 4) is 12.1 Å². The van der Waals surface area contributed by atoms with E-state index in [0.717, 1.165) is 24.6 Å². The molecule has 0 atom stereocenters. The van der Waals surface area contributed by atoms with E-state index >= 15 is 30.7 Å². The van der Waals surface area contributed by atoms with Crippen LogP contribution in [0.25, 0.3) is 43.7 Å². The number of benzene rings is 2. The fourth-order valence-corrected chi connectivity index (χ4v) is 3.97. The number of nitriles is 2. The molecule has 2 aromatic heterocycles. The summed E-state index contributed by atoms with van der Waals surface area (Å²) in [5.41, 5.74) is -4.05. The van der Waals surface area contributed by atoms with E-state index in [1.165, 1.54) is 14.1 Å². The van der Waals surface area contributed by atoms with E-state index in [-0.39, 0.29) is 0 Å². The summed E-state index contributed by atoms with van der Waals surface area (Å²) in [6.45, 7) is 0. The van der Waals surface area contributed by atoms with E-state index in [0.29, 0.717) is 0 Å². The highest BCUT2D eigenvalue weighted by atomic mass is 19.2. The van der Waals surface area contributed by atoms with Crippen molar-refractivity contribution in [2.45, 2.75) is 0 Å². The molecule has 190 valence electrons. The van der Waals surface area contributed by atoms with Crippen molar-refractivity contribution in [1.82, 2.24) is 9.97 Å². The number of pyridine rings is 2. The van der Waals surface area contributed by atoms with Gasteiger partial charge in [-0.3, -0.25) is 9.98 Å². The Morgan fingerprint density at radius 2 is 1.00 bits per heavy atom. The molecule has 4 rings (SSSR count). The first-order chi connectivity index (χ1) is 18.0. The smallest absolute Gasteiger partial charge is 0.224 e. The largest absolute Gasteiger partial charge is 0.296 e. The third-order valence-electron chi connectivity index (χ3n) is 5.47. The molecule has 0 aliphatic heterocycles. The van der Waals surface area contributed by atoms with Gasteiger partial charge in [-0.05, 0) is 0 Å². The SMILES string of the molecule is C\N=C/C(/C=N/C)=c1\c(F)c(F)c2c(c(F)nc3c2nc(F)c2c(F)c(=C(C#N)C#N)c(F)c(F)c23)c1F. The topological polar surface area (TPSA) is 98.1 Å². The van der Waals surface area contributed by atoms with Crippen LogP contribution < -0.4 is 10.4 Å². The molecule has 0 saturated heterocycles. The molecule has 0 amide bonds. The molecule has 2 heterocycles. The first-order valence-corrected chi connectivity index (χ1v) is 10.1. The highest BCUT2D eigenvalue weighted by Crippen LogP contribution is 2.35. The standard InChI is InChI=1S/C24H8F8N6/c1-35-5-8(6-36-2)10-16(26)14-12(20(30)18(10)28)22-21(38-24(14)32)11-13(23(31)37-22)15(25)9(7(3-33)4-34)17(27)19(11)29/h5-6H,1-2H3/b10-8-,35-5+,36-6-. The molecule has 0 spiro atoms. The lowest BCUT2D eigenvalue weighted by molar-refractivity contribution is 0.491. The normalized spacial score (nSPS) is 12.6. The lowest BCUT2D eigenvalue weighted by atomic mass is 10.0. The quantitative estimate of drug-likeness (QED) is 0.129. The highest BCUT2D eigenvalue weighted by molar-refractivity contribution is 6.28. The molecule has 0 fully saturated rings. The van der Waals surface area contributed by atoms with Gasteiger partial charge >= 0.3 is 0 Å². The van der Waals surface area contributed by atoms with Gasteiger partial charge in [-0.25, -0.2) is 36.3 Å². The van der Waals surface area contributed by atoms with Crippen molar-refractivity contribution in [2.24, 2.45) is 9.98 Å². The minimum absolute atomic E-state index is 0.423. The molecule has 38 heavy (non-hydrogen) atoms. The van der Waals surface area contributed by atoms with Gasteiger partial charge < -0.3 is 0 Å². The zero-order valence-corrected chi connectivity index (χ0v) is 18.9. The maximum absolute atomic E-state index is 15.4. The second-order valence-corrected chi connectivity index (χ2v) is 7.46. The summed E-state index contributed by atoms with van der Waals surface area (Å²) in [6.07, 6.45) is 1.79. The van der Waals surface area contributed by atoms with E-state index in [2.05, 4.69) is 20.0 Å². The van der Waals surface area contributed by atoms with Crippen LogP contribution in [-0.4, -0.2) is 36.5 Å². The molecule has 4 aromatic rings. The van der Waals surface area contributed by atoms with Crippen LogP contribution in [0.2, 0.25) is 0 Å². The minimum Gasteiger partial charge on any atom is -0.296 e. The second-order valence-electron chi connectivity index (χ2n) is 7.46. The molecular weight excluding hydrogens is 524 g/mol. The van der Waals surface area contributed by atoms with Gasteiger partial charge in [0.05, 0.1) is 32.0 Å². The van der Waals surface area contributed by atoms with Crippen molar-refractivity contribution in [3.05, 3.63) is 57.2 Å². The van der Waals surface area contributed by atoms with Gasteiger partial charge in [0.2, 0.25) is 11.9 Å². The van der Waals surface area contributed by atoms with Crippen molar-refractivity contribution >= 4 is 56.2 Å². The molecule has 0 aliphatic carbocycles. The van der Waals surface area contributed by atoms with Gasteiger partial charge in [-0.15, -0.1) is 0 Å². The Kier molecular flexibility index (Phi) is 6.51. The van der Waals surface area contributed by atoms with Crippen LogP contribution in [0.5, 0.6) is 0 Å². The number of halogens is 8. The summed E-state index contributed by atoms with van der Waals surface area (Å²) in [7, 11) is 2.44. The monoisotopic (exact) mass is 532 g/mol. The Morgan fingerprint density at radius 3 is 1.39 bits per heavy atom. The number of rotatable bonds is 2. The third kappa shape index (κ3) is 3.53. The fourth-order valence-electron chi connectivity index (χ4n) is 3.97. The van der Waals surface area contributed by atoms with Gasteiger partial charge in [0.25, 0.3) is 0 Å². The molecule has 0 saturated carbocycles. The predicted molar refractivity (Wildman–Crippen MR) is 120 cm³/mol. The van der Waals surface area contributed by atoms with E-state index in [9.17, 15) is 4.39 Å². The maximum Gasteiger partial charge on any atom is 0.224 e. The van der Waals surface area contributed by atoms with Crippen molar-refractivity contribution in [2.75, 3.05) is 14.1 Å². The van der Waals surface area contributed by atoms with Gasteiger partial charge in [0.15, 0.2) is 23.3 Å². The molecule has 0 radical (unpaired) electrons. The average Bonchev–Trinajstić information content (AvgIpc) is 2.88. The second kappa shape index (κ2) is 9.48. The maximum atomic E-state index is 15.4. The average molecular weight is 532 g/mol. The first-order valence-electron chi connectivity index (χ1n) is 10.1. The fraction of sp³-hybridized carbons (Fsp3) is 0.0833. The van der Waals surface area contributed by atoms with E-state index in [1.807, 2.05) is 0 Å². The Labute approximate surface area is 205 Å². The number of nitrogens with zero attached hydrogens (tertiary/aromatic N) is 6. The number of aromatic nitrogens is 2. The third-order valence-corrected chi connectivity index (χ3v) is 5.47. The molecule has 2 aromatic carbocycles. The lowest BCUT2D eigenvalue weighted by Gasteiger charge is -2.12. The van der Waals surface area contributed by atoms with Crippen molar-refractivity contribution < 1.29 is 35.1 Å². The lowest BCUT2D eigenvalue weighted by Crippen LogP contribution is -2.22. The van der Waals surface area contributed by atoms with Crippen LogP contribution in [0.3, 0.4) is 0 Å². The molecule has 6 nitrogen and oxygen atoms in total. The number of aliphatic imine (C=N–C) groups is 2. The van der Waals surface area contributed by atoms with E-state index in [4.69, 9.17) is 10.5 Å². The van der Waals surface area contributed by atoms with Gasteiger partial charge in [0.1, 0.15) is 40.4 Å². The van der Waals surface area contributed by atoms with Crippen LogP contribution in [0.15, 0.2) is 9.98 Å². The van der Waals surface area contributed by atoms with E-state index in [1.54, 1.807) is 0 Å². The summed E-state index contributed by atoms with van der Waals surface area (Å²) in [5, 5.41) is 9.68. The zero-order valence-electron chi connectivity index (χ0n) is 18.9. The number of hydrogen-bond acceptors (Lipinski definition) is 6. The van der Waals surface area contributed by atoms with E-state index < -0.39 is 101 Å². The molecule has 14 heteroatoms. The molecule has 0 aliphatic rings. The van der Waals surface area contributed by atoms with Crippen molar-refractivity contribution in [3.63, 3.8) is 0 Å². The van der Waals surface area contributed by atoms with Gasteiger partial charge in [-0.2, -0.15) is 19.3 Å². The molecule has 0 N–H and O–H groups in total. The summed E-state index contributed by atoms with van der Waals surface area (Å²) in [6, 6.07) is 2.24. The van der Waals surface area contributed by atoms with Crippen LogP contribution in [-0.2, 0) is 0 Å². The Morgan fingerprint density at radius 1 is 0.605 bits per heavy atom. The van der Waals surface area contributed by atoms with Crippen molar-refractivity contribution in [1.29, 1.82) is 10.5 Å². The number of fused-ring (bicyclic) bond motifs is 5. The predicted octanol–water partition coefficient (Wildman–Crippen LogP) is 3.80. The molecule has 0 unspecified atom stereocenters. The Bertz CT molecular complexity index is 1970. The zero-order chi connectivity index (χ0) is 28.0. The van der Waals surface area contributed by atoms with Crippen LogP contribution in [0, 0.1) is 69.5 Å². The minimum atomic E-state index is -2.15. The van der Waals surface area contributed by atoms with Gasteiger partial charge in [0, 0.05) is 32.1 Å². The van der Waals surface area contributed by atoms with Crippen LogP contribution in [0.1, 0.15) is 0 Å². The molecule has 0 bridgehead atoms. The summed E-state index contributed by atoms with van der Waals surface area (Å²) < 4.78 is 121. The summed E-state index contributed by atoms with van der Waals surface area (Å²) in [4.78, 5) is 13.6. The summed E-state index contributed by atoms with van der Waals surface area (Å²) in [5.74, 6) is -15.7. The Balaban J connectivity index is 2.41. The first kappa shape index (κ1) is 26.1. The van der Waals surface area contributed by atoms with Crippen LogP contribution >= 0.6 is 0 Å². The highest BCUT2D eigenvalue weighted by Gasteiger charge is 2.29.